The molecule has 0 amide bonds. The van der Waals surface area contributed by atoms with E-state index < -0.39 is 0 Å². The molecule has 0 aromatic rings. The van der Waals surface area contributed by atoms with E-state index in [9.17, 15) is 0 Å². The van der Waals surface area contributed by atoms with Crippen molar-refractivity contribution in [2.24, 2.45) is 0 Å². The van der Waals surface area contributed by atoms with Gasteiger partial charge in [-0.1, -0.05) is 39.0 Å². The van der Waals surface area contributed by atoms with Crippen LogP contribution in [0.25, 0.3) is 0 Å². The number of rotatable bonds is 7. The van der Waals surface area contributed by atoms with Crippen molar-refractivity contribution in [3.05, 3.63) is 36.1 Å². The Balaban J connectivity index is 0. The smallest absolute Gasteiger partial charge is 0.119 e. The molecule has 0 N–H and O–H groups in total. The summed E-state index contributed by atoms with van der Waals surface area (Å²) in [5, 5.41) is 0. The maximum atomic E-state index is 5.63. The van der Waals surface area contributed by atoms with E-state index in [0.717, 1.165) is 12.2 Å². The number of hydrogen-bond acceptors (Lipinski definition) is 2. The fourth-order valence-corrected chi connectivity index (χ4v) is 1.05. The van der Waals surface area contributed by atoms with Crippen LogP contribution >= 0.6 is 0 Å². The number of ether oxygens (including phenoxy) is 2. The first-order valence-corrected chi connectivity index (χ1v) is 6.39. The van der Waals surface area contributed by atoms with Crippen molar-refractivity contribution >= 4 is 0 Å². The van der Waals surface area contributed by atoms with Crippen LogP contribution in [0.3, 0.4) is 0 Å². The summed E-state index contributed by atoms with van der Waals surface area (Å²) in [5.74, 6) is 0.867. The van der Waals surface area contributed by atoms with E-state index in [1.165, 1.54) is 0 Å². The Morgan fingerprint density at radius 2 is 1.82 bits per heavy atom. The van der Waals surface area contributed by atoms with E-state index in [-0.39, 0.29) is 6.10 Å². The Bertz CT molecular complexity index is 223. The lowest BCUT2D eigenvalue weighted by molar-refractivity contribution is 0.0342. The quantitative estimate of drug-likeness (QED) is 0.482. The summed E-state index contributed by atoms with van der Waals surface area (Å²) in [4.78, 5) is 0. The monoisotopic (exact) mass is 240 g/mol. The average Bonchev–Trinajstić information content (AvgIpc) is 2.39. The fraction of sp³-hybridized carbons (Fsp3) is 0.600. The second-order valence-electron chi connectivity index (χ2n) is 3.17. The van der Waals surface area contributed by atoms with Gasteiger partial charge in [0.25, 0.3) is 0 Å². The minimum absolute atomic E-state index is 0.171. The largest absolute Gasteiger partial charge is 0.491 e. The Morgan fingerprint density at radius 1 is 1.18 bits per heavy atom. The number of allylic oxidation sites excluding steroid dienone is 5. The molecular weight excluding hydrogens is 212 g/mol. The third kappa shape index (κ3) is 11.2. The Hall–Kier alpha value is -1.02. The van der Waals surface area contributed by atoms with Gasteiger partial charge in [0.05, 0.1) is 6.10 Å². The van der Waals surface area contributed by atoms with E-state index in [1.807, 2.05) is 58.1 Å². The van der Waals surface area contributed by atoms with Crippen LogP contribution in [0.15, 0.2) is 36.1 Å². The molecule has 0 spiro atoms. The third-order valence-corrected chi connectivity index (χ3v) is 2.01. The van der Waals surface area contributed by atoms with Gasteiger partial charge in [0, 0.05) is 7.11 Å². The third-order valence-electron chi connectivity index (χ3n) is 2.01. The van der Waals surface area contributed by atoms with Gasteiger partial charge in [-0.05, 0) is 32.4 Å². The molecule has 0 aliphatic heterocycles. The number of methoxy groups -OCH3 is 1. The summed E-state index contributed by atoms with van der Waals surface area (Å²) in [6.45, 7) is 10.6. The van der Waals surface area contributed by atoms with Crippen LogP contribution in [0.2, 0.25) is 0 Å². The molecule has 0 aromatic carbocycles. The van der Waals surface area contributed by atoms with Crippen molar-refractivity contribution in [3.63, 3.8) is 0 Å². The topological polar surface area (TPSA) is 18.5 Å². The van der Waals surface area contributed by atoms with Crippen molar-refractivity contribution in [1.29, 1.82) is 0 Å². The molecule has 0 saturated heterocycles. The van der Waals surface area contributed by atoms with Crippen molar-refractivity contribution < 1.29 is 9.47 Å². The summed E-state index contributed by atoms with van der Waals surface area (Å²) in [6.07, 6.45) is 10.9. The highest BCUT2D eigenvalue weighted by Gasteiger charge is 2.04. The zero-order valence-electron chi connectivity index (χ0n) is 12.2. The van der Waals surface area contributed by atoms with Crippen LogP contribution in [0.4, 0.5) is 0 Å². The highest BCUT2D eigenvalue weighted by molar-refractivity contribution is 5.17. The van der Waals surface area contributed by atoms with Crippen LogP contribution < -0.4 is 0 Å². The predicted molar refractivity (Wildman–Crippen MR) is 76.1 cm³/mol. The molecule has 0 aromatic heterocycles. The summed E-state index contributed by atoms with van der Waals surface area (Å²) in [7, 11) is 1.71. The molecule has 0 saturated carbocycles. The molecule has 0 aliphatic rings. The summed E-state index contributed by atoms with van der Waals surface area (Å²) >= 11 is 0. The van der Waals surface area contributed by atoms with E-state index >= 15 is 0 Å². The zero-order chi connectivity index (χ0) is 13.5. The van der Waals surface area contributed by atoms with Gasteiger partial charge in [0.2, 0.25) is 0 Å². The predicted octanol–water partition coefficient (Wildman–Crippen LogP) is 4.49. The van der Waals surface area contributed by atoms with Gasteiger partial charge in [0.15, 0.2) is 0 Å². The second-order valence-corrected chi connectivity index (χ2v) is 3.17. The van der Waals surface area contributed by atoms with E-state index in [2.05, 4.69) is 6.92 Å². The Kier molecular flexibility index (Phi) is 16.2. The summed E-state index contributed by atoms with van der Waals surface area (Å²) in [6, 6.07) is 0. The van der Waals surface area contributed by atoms with Crippen molar-refractivity contribution in [1.82, 2.24) is 0 Å². The molecule has 0 radical (unpaired) electrons. The van der Waals surface area contributed by atoms with Gasteiger partial charge in [-0.3, -0.25) is 0 Å². The van der Waals surface area contributed by atoms with Gasteiger partial charge in [0.1, 0.15) is 12.4 Å². The maximum absolute atomic E-state index is 5.63. The first-order valence-electron chi connectivity index (χ1n) is 6.39. The number of hydrogen-bond donors (Lipinski definition) is 0. The van der Waals surface area contributed by atoms with Gasteiger partial charge in [-0.15, -0.1) is 0 Å². The SMILES string of the molecule is CC.C\C=C/C=C(\C=C/C)OCC(CC)OC. The van der Waals surface area contributed by atoms with Crippen LogP contribution in [0, 0.1) is 0 Å². The molecule has 0 bridgehead atoms. The standard InChI is InChI=1S/C13H22O2.C2H6/c1-5-8-10-13(9-6-2)15-11-12(7-3)14-4;1-2/h5-6,8-10,12H,7,11H2,1-4H3;1-2H3/b8-5-,9-6-,13-10+;. The van der Waals surface area contributed by atoms with Crippen molar-refractivity contribution in [3.8, 4) is 0 Å². The Morgan fingerprint density at radius 3 is 2.24 bits per heavy atom. The maximum Gasteiger partial charge on any atom is 0.119 e. The van der Waals surface area contributed by atoms with Gasteiger partial charge >= 0.3 is 0 Å². The normalized spacial score (nSPS) is 13.6. The average molecular weight is 240 g/mol. The van der Waals surface area contributed by atoms with E-state index in [1.54, 1.807) is 7.11 Å². The van der Waals surface area contributed by atoms with Crippen molar-refractivity contribution in [2.45, 2.75) is 47.1 Å². The highest BCUT2D eigenvalue weighted by atomic mass is 16.5. The van der Waals surface area contributed by atoms with Gasteiger partial charge < -0.3 is 9.47 Å². The first kappa shape index (κ1) is 18.3. The summed E-state index contributed by atoms with van der Waals surface area (Å²) in [5.41, 5.74) is 0. The van der Waals surface area contributed by atoms with Gasteiger partial charge in [-0.25, -0.2) is 0 Å². The van der Waals surface area contributed by atoms with E-state index in [0.29, 0.717) is 6.61 Å². The minimum atomic E-state index is 0.171. The second kappa shape index (κ2) is 15.0. The lowest BCUT2D eigenvalue weighted by Crippen LogP contribution is -2.16. The lowest BCUT2D eigenvalue weighted by Gasteiger charge is -2.14. The molecule has 1 unspecified atom stereocenters. The van der Waals surface area contributed by atoms with Gasteiger partial charge in [-0.2, -0.15) is 0 Å². The van der Waals surface area contributed by atoms with Crippen LogP contribution in [-0.2, 0) is 9.47 Å². The summed E-state index contributed by atoms with van der Waals surface area (Å²) < 4.78 is 10.9. The molecule has 0 heterocycles. The van der Waals surface area contributed by atoms with Crippen molar-refractivity contribution in [2.75, 3.05) is 13.7 Å². The molecule has 2 nitrogen and oxygen atoms in total. The fourth-order valence-electron chi connectivity index (χ4n) is 1.05. The van der Waals surface area contributed by atoms with Crippen LogP contribution in [0.5, 0.6) is 0 Å². The molecule has 0 aliphatic carbocycles. The molecule has 100 valence electrons. The molecule has 1 atom stereocenters. The van der Waals surface area contributed by atoms with Crippen LogP contribution in [-0.4, -0.2) is 19.8 Å². The molecule has 17 heavy (non-hydrogen) atoms. The van der Waals surface area contributed by atoms with Crippen LogP contribution in [0.1, 0.15) is 41.0 Å². The lowest BCUT2D eigenvalue weighted by atomic mass is 10.3. The zero-order valence-corrected chi connectivity index (χ0v) is 12.2. The Labute approximate surface area is 107 Å². The molecular formula is C15H28O2. The van der Waals surface area contributed by atoms with E-state index in [4.69, 9.17) is 9.47 Å². The molecule has 0 fully saturated rings. The first-order chi connectivity index (χ1) is 8.28. The molecule has 0 rings (SSSR count). The highest BCUT2D eigenvalue weighted by Crippen LogP contribution is 2.05. The molecule has 2 heteroatoms. The minimum Gasteiger partial charge on any atom is -0.491 e.